The summed E-state index contributed by atoms with van der Waals surface area (Å²) < 4.78 is 10.6. The smallest absolute Gasteiger partial charge is 0.241 e. The largest absolute Gasteiger partial charge is 0.493 e. The average Bonchev–Trinajstić information content (AvgIpc) is 2.27. The van der Waals surface area contributed by atoms with Gasteiger partial charge >= 0.3 is 0 Å². The van der Waals surface area contributed by atoms with Crippen molar-refractivity contribution in [3.63, 3.8) is 0 Å². The molecule has 0 unspecified atom stereocenters. The van der Waals surface area contributed by atoms with E-state index in [2.05, 4.69) is 0 Å². The number of nitrogens with two attached hydrogens (primary N) is 1. The van der Waals surface area contributed by atoms with Crippen LogP contribution in [0.4, 0.5) is 0 Å². The number of carbonyl (C=O) groups excluding carboxylic acids is 1. The molecular formula is C12H15NO3. The second-order valence-electron chi connectivity index (χ2n) is 3.05. The predicted molar refractivity (Wildman–Crippen MR) is 62.4 cm³/mol. The van der Waals surface area contributed by atoms with Crippen LogP contribution in [0.1, 0.15) is 12.5 Å². The summed E-state index contributed by atoms with van der Waals surface area (Å²) in [5, 5.41) is 0. The number of ether oxygens (including phenoxy) is 2. The Morgan fingerprint density at radius 1 is 1.50 bits per heavy atom. The second kappa shape index (κ2) is 5.80. The third-order valence-corrected chi connectivity index (χ3v) is 1.95. The van der Waals surface area contributed by atoms with Crippen molar-refractivity contribution < 1.29 is 14.3 Å². The molecule has 2 N–H and O–H groups in total. The molecule has 16 heavy (non-hydrogen) atoms. The predicted octanol–water partition coefficient (Wildman–Crippen LogP) is 1.59. The Bertz CT molecular complexity index is 399. The van der Waals surface area contributed by atoms with Crippen molar-refractivity contribution >= 4 is 12.0 Å². The molecule has 0 aliphatic carbocycles. The fraction of sp³-hybridized carbons (Fsp3) is 0.250. The number of carbonyl (C=O) groups is 1. The summed E-state index contributed by atoms with van der Waals surface area (Å²) in [7, 11) is 1.57. The Morgan fingerprint density at radius 2 is 2.25 bits per heavy atom. The number of rotatable bonds is 5. The molecule has 0 aromatic heterocycles. The molecule has 4 heteroatoms. The normalized spacial score (nSPS) is 10.4. The molecule has 4 nitrogen and oxygen atoms in total. The molecule has 0 aliphatic heterocycles. The summed E-state index contributed by atoms with van der Waals surface area (Å²) in [6, 6.07) is 5.45. The molecule has 86 valence electrons. The summed E-state index contributed by atoms with van der Waals surface area (Å²) >= 11 is 0. The van der Waals surface area contributed by atoms with E-state index in [-0.39, 0.29) is 0 Å². The van der Waals surface area contributed by atoms with E-state index in [4.69, 9.17) is 15.2 Å². The highest BCUT2D eigenvalue weighted by molar-refractivity contribution is 5.90. The van der Waals surface area contributed by atoms with Gasteiger partial charge < -0.3 is 15.2 Å². The first-order chi connectivity index (χ1) is 7.69. The Hall–Kier alpha value is -1.97. The fourth-order valence-corrected chi connectivity index (χ4v) is 1.30. The van der Waals surface area contributed by atoms with Crippen molar-refractivity contribution in [2.45, 2.75) is 6.92 Å². The molecule has 0 radical (unpaired) electrons. The van der Waals surface area contributed by atoms with Crippen molar-refractivity contribution in [3.05, 3.63) is 29.8 Å². The monoisotopic (exact) mass is 221 g/mol. The van der Waals surface area contributed by atoms with E-state index in [0.717, 1.165) is 5.56 Å². The summed E-state index contributed by atoms with van der Waals surface area (Å²) in [5.74, 6) is 0.753. The van der Waals surface area contributed by atoms with Gasteiger partial charge in [0.05, 0.1) is 13.7 Å². The molecule has 0 heterocycles. The minimum atomic E-state index is -0.495. The van der Waals surface area contributed by atoms with Crippen molar-refractivity contribution in [2.75, 3.05) is 13.7 Å². The van der Waals surface area contributed by atoms with Crippen LogP contribution in [-0.2, 0) is 4.79 Å². The van der Waals surface area contributed by atoms with Crippen LogP contribution in [0.3, 0.4) is 0 Å². The van der Waals surface area contributed by atoms with Crippen LogP contribution in [0.25, 0.3) is 6.08 Å². The zero-order valence-corrected chi connectivity index (χ0v) is 9.40. The van der Waals surface area contributed by atoms with Gasteiger partial charge in [-0.2, -0.15) is 0 Å². The van der Waals surface area contributed by atoms with Crippen molar-refractivity contribution in [1.29, 1.82) is 0 Å². The maximum absolute atomic E-state index is 10.7. The van der Waals surface area contributed by atoms with E-state index in [1.54, 1.807) is 19.3 Å². The maximum Gasteiger partial charge on any atom is 0.241 e. The summed E-state index contributed by atoms with van der Waals surface area (Å²) in [4.78, 5) is 10.7. The number of benzene rings is 1. The van der Waals surface area contributed by atoms with Gasteiger partial charge in [0, 0.05) is 11.6 Å². The van der Waals surface area contributed by atoms with Gasteiger partial charge in [-0.3, -0.25) is 4.79 Å². The van der Waals surface area contributed by atoms with Crippen molar-refractivity contribution in [1.82, 2.24) is 0 Å². The minimum absolute atomic E-state index is 0.495. The van der Waals surface area contributed by atoms with Gasteiger partial charge in [0.2, 0.25) is 5.91 Å². The Labute approximate surface area is 94.7 Å². The number of para-hydroxylation sites is 1. The van der Waals surface area contributed by atoms with Crippen LogP contribution in [0, 0.1) is 0 Å². The number of primary amides is 1. The number of hydrogen-bond acceptors (Lipinski definition) is 3. The zero-order valence-electron chi connectivity index (χ0n) is 9.40. The molecule has 0 bridgehead atoms. The number of amides is 1. The van der Waals surface area contributed by atoms with Crippen LogP contribution in [0.5, 0.6) is 11.5 Å². The van der Waals surface area contributed by atoms with Crippen LogP contribution >= 0.6 is 0 Å². The highest BCUT2D eigenvalue weighted by Crippen LogP contribution is 2.31. The summed E-state index contributed by atoms with van der Waals surface area (Å²) in [6.07, 6.45) is 2.90. The van der Waals surface area contributed by atoms with Gasteiger partial charge in [0.25, 0.3) is 0 Å². The van der Waals surface area contributed by atoms with Gasteiger partial charge in [-0.05, 0) is 19.1 Å². The van der Waals surface area contributed by atoms with E-state index in [0.29, 0.717) is 18.1 Å². The summed E-state index contributed by atoms with van der Waals surface area (Å²) in [6.45, 7) is 2.41. The maximum atomic E-state index is 10.7. The third kappa shape index (κ3) is 3.02. The van der Waals surface area contributed by atoms with Gasteiger partial charge in [-0.1, -0.05) is 12.1 Å². The lowest BCUT2D eigenvalue weighted by Crippen LogP contribution is -2.05. The zero-order chi connectivity index (χ0) is 12.0. The Kier molecular flexibility index (Phi) is 4.39. The number of hydrogen-bond donors (Lipinski definition) is 1. The molecule has 1 rings (SSSR count). The lowest BCUT2D eigenvalue weighted by molar-refractivity contribution is -0.113. The topological polar surface area (TPSA) is 61.5 Å². The second-order valence-corrected chi connectivity index (χ2v) is 3.05. The molecule has 0 saturated heterocycles. The highest BCUT2D eigenvalue weighted by atomic mass is 16.5. The Morgan fingerprint density at radius 3 is 2.81 bits per heavy atom. The van der Waals surface area contributed by atoms with Crippen LogP contribution in [0.15, 0.2) is 24.3 Å². The molecule has 1 amide bonds. The van der Waals surface area contributed by atoms with E-state index in [1.165, 1.54) is 6.08 Å². The molecule has 1 aromatic rings. The molecule has 0 spiro atoms. The minimum Gasteiger partial charge on any atom is -0.493 e. The standard InChI is InChI=1S/C12H15NO3/c1-3-16-12-9(7-8-11(13)14)5-4-6-10(12)15-2/h4-8H,3H2,1-2H3,(H2,13,14)/b8-7-. The first-order valence-electron chi connectivity index (χ1n) is 4.96. The first kappa shape index (κ1) is 12.1. The molecule has 1 aromatic carbocycles. The molecule has 0 aliphatic rings. The molecule has 0 atom stereocenters. The van der Waals surface area contributed by atoms with E-state index in [1.807, 2.05) is 19.1 Å². The van der Waals surface area contributed by atoms with Crippen LogP contribution in [0.2, 0.25) is 0 Å². The van der Waals surface area contributed by atoms with Gasteiger partial charge in [0.1, 0.15) is 0 Å². The molecule has 0 saturated carbocycles. The lowest BCUT2D eigenvalue weighted by atomic mass is 10.1. The SMILES string of the molecule is CCOc1c(/C=C\C(N)=O)cccc1OC. The van der Waals surface area contributed by atoms with E-state index < -0.39 is 5.91 Å². The van der Waals surface area contributed by atoms with Gasteiger partial charge in [0.15, 0.2) is 11.5 Å². The van der Waals surface area contributed by atoms with Crippen LogP contribution < -0.4 is 15.2 Å². The van der Waals surface area contributed by atoms with Crippen molar-refractivity contribution in [3.8, 4) is 11.5 Å². The third-order valence-electron chi connectivity index (χ3n) is 1.95. The quantitative estimate of drug-likeness (QED) is 0.768. The first-order valence-corrected chi connectivity index (χ1v) is 4.96. The summed E-state index contributed by atoms with van der Waals surface area (Å²) in [5.41, 5.74) is 5.80. The van der Waals surface area contributed by atoms with Crippen LogP contribution in [-0.4, -0.2) is 19.6 Å². The molecule has 0 fully saturated rings. The van der Waals surface area contributed by atoms with Gasteiger partial charge in [-0.25, -0.2) is 0 Å². The number of methoxy groups -OCH3 is 1. The van der Waals surface area contributed by atoms with E-state index >= 15 is 0 Å². The molecular weight excluding hydrogens is 206 g/mol. The average molecular weight is 221 g/mol. The van der Waals surface area contributed by atoms with Crippen molar-refractivity contribution in [2.24, 2.45) is 5.73 Å². The van der Waals surface area contributed by atoms with Gasteiger partial charge in [-0.15, -0.1) is 0 Å². The fourth-order valence-electron chi connectivity index (χ4n) is 1.30. The van der Waals surface area contributed by atoms with E-state index in [9.17, 15) is 4.79 Å². The Balaban J connectivity index is 3.10. The highest BCUT2D eigenvalue weighted by Gasteiger charge is 2.07. The lowest BCUT2D eigenvalue weighted by Gasteiger charge is -2.11.